The summed E-state index contributed by atoms with van der Waals surface area (Å²) in [4.78, 5) is 43.9. The molecule has 3 rings (SSSR count). The summed E-state index contributed by atoms with van der Waals surface area (Å²) in [6, 6.07) is 7.89. The number of nitrogens with zero attached hydrogens (tertiary/aromatic N) is 2. The molecule has 29 heavy (non-hydrogen) atoms. The summed E-state index contributed by atoms with van der Waals surface area (Å²) in [6.07, 6.45) is 1.66. The highest BCUT2D eigenvalue weighted by molar-refractivity contribution is 7.10. The Labute approximate surface area is 174 Å². The maximum Gasteiger partial charge on any atom is 0.245 e. The van der Waals surface area contributed by atoms with Gasteiger partial charge in [0.15, 0.2) is 0 Å². The molecule has 1 fully saturated rings. The number of hydrogen-bond donors (Lipinski definition) is 2. The van der Waals surface area contributed by atoms with Gasteiger partial charge in [-0.1, -0.05) is 30.3 Å². The van der Waals surface area contributed by atoms with Crippen LogP contribution in [0.5, 0.6) is 0 Å². The number of thiazole rings is 1. The Morgan fingerprint density at radius 2 is 1.90 bits per heavy atom. The first-order valence-electron chi connectivity index (χ1n) is 9.75. The van der Waals surface area contributed by atoms with Gasteiger partial charge in [-0.05, 0) is 33.7 Å². The smallest absolute Gasteiger partial charge is 0.245 e. The molecule has 3 atom stereocenters. The first kappa shape index (κ1) is 21.1. The van der Waals surface area contributed by atoms with Gasteiger partial charge < -0.3 is 15.5 Å². The van der Waals surface area contributed by atoms with Crippen LogP contribution < -0.4 is 10.6 Å². The molecule has 0 saturated carbocycles. The van der Waals surface area contributed by atoms with Crippen molar-refractivity contribution < 1.29 is 14.4 Å². The van der Waals surface area contributed by atoms with Gasteiger partial charge in [-0.15, -0.1) is 11.3 Å². The van der Waals surface area contributed by atoms with E-state index in [1.54, 1.807) is 43.3 Å². The van der Waals surface area contributed by atoms with Crippen molar-refractivity contribution in [1.82, 2.24) is 20.5 Å². The topological polar surface area (TPSA) is 91.4 Å². The van der Waals surface area contributed by atoms with Crippen molar-refractivity contribution in [3.63, 3.8) is 0 Å². The molecule has 0 bridgehead atoms. The van der Waals surface area contributed by atoms with E-state index in [1.165, 1.54) is 11.3 Å². The third-order valence-corrected chi connectivity index (χ3v) is 6.11. The van der Waals surface area contributed by atoms with Crippen LogP contribution in [0.15, 0.2) is 35.7 Å². The molecule has 1 aromatic heterocycles. The predicted octanol–water partition coefficient (Wildman–Crippen LogP) is 2.15. The number of ketones is 1. The second kappa shape index (κ2) is 9.28. The van der Waals surface area contributed by atoms with Crippen molar-refractivity contribution in [2.24, 2.45) is 0 Å². The normalized spacial score (nSPS) is 18.3. The fourth-order valence-corrected chi connectivity index (χ4v) is 4.29. The van der Waals surface area contributed by atoms with Crippen LogP contribution in [0.4, 0.5) is 0 Å². The number of carbonyl (C=O) groups excluding carboxylic acids is 3. The van der Waals surface area contributed by atoms with Gasteiger partial charge in [0, 0.05) is 17.5 Å². The summed E-state index contributed by atoms with van der Waals surface area (Å²) in [6.45, 7) is 4.06. The van der Waals surface area contributed by atoms with E-state index < -0.39 is 6.04 Å². The van der Waals surface area contributed by atoms with Crippen molar-refractivity contribution in [3.05, 3.63) is 52.0 Å². The lowest BCUT2D eigenvalue weighted by Gasteiger charge is -2.27. The maximum atomic E-state index is 12.9. The van der Waals surface area contributed by atoms with Crippen molar-refractivity contribution >= 4 is 28.9 Å². The number of carbonyl (C=O) groups is 3. The van der Waals surface area contributed by atoms with E-state index >= 15 is 0 Å². The van der Waals surface area contributed by atoms with E-state index in [4.69, 9.17) is 0 Å². The third-order valence-electron chi connectivity index (χ3n) is 5.17. The minimum absolute atomic E-state index is 0.120. The van der Waals surface area contributed by atoms with Gasteiger partial charge in [-0.2, -0.15) is 0 Å². The van der Waals surface area contributed by atoms with E-state index in [0.29, 0.717) is 17.8 Å². The minimum Gasteiger partial charge on any atom is -0.343 e. The van der Waals surface area contributed by atoms with Crippen molar-refractivity contribution in [2.75, 3.05) is 13.6 Å². The molecule has 8 heteroatoms. The molecule has 1 aliphatic rings. The monoisotopic (exact) mass is 414 g/mol. The SMILES string of the molecule is CN[C@H](C)C(=O)N[C@H](C)C(=O)N1CCC[C@@H]1c1nc(C(=O)c2ccccc2)cs1. The number of benzene rings is 1. The lowest BCUT2D eigenvalue weighted by molar-refractivity contribution is -0.137. The van der Waals surface area contributed by atoms with Gasteiger partial charge >= 0.3 is 0 Å². The summed E-state index contributed by atoms with van der Waals surface area (Å²) >= 11 is 1.40. The van der Waals surface area contributed by atoms with E-state index in [-0.39, 0.29) is 29.7 Å². The highest BCUT2D eigenvalue weighted by atomic mass is 32.1. The van der Waals surface area contributed by atoms with Crippen LogP contribution in [-0.4, -0.2) is 53.2 Å². The van der Waals surface area contributed by atoms with Crippen LogP contribution in [0.2, 0.25) is 0 Å². The summed E-state index contributed by atoms with van der Waals surface area (Å²) in [5, 5.41) is 8.14. The first-order valence-corrected chi connectivity index (χ1v) is 10.6. The molecule has 0 aliphatic carbocycles. The van der Waals surface area contributed by atoms with Crippen molar-refractivity contribution in [1.29, 1.82) is 0 Å². The summed E-state index contributed by atoms with van der Waals surface area (Å²) in [5.74, 6) is -0.463. The number of hydrogen-bond acceptors (Lipinski definition) is 6. The van der Waals surface area contributed by atoms with Gasteiger partial charge in [0.2, 0.25) is 17.6 Å². The Morgan fingerprint density at radius 1 is 1.17 bits per heavy atom. The quantitative estimate of drug-likeness (QED) is 0.678. The largest absolute Gasteiger partial charge is 0.343 e. The van der Waals surface area contributed by atoms with Crippen molar-refractivity contribution in [3.8, 4) is 0 Å². The minimum atomic E-state index is -0.621. The highest BCUT2D eigenvalue weighted by Gasteiger charge is 2.35. The zero-order valence-corrected chi connectivity index (χ0v) is 17.7. The Balaban J connectivity index is 1.71. The van der Waals surface area contributed by atoms with Gasteiger partial charge in [0.05, 0.1) is 12.1 Å². The second-order valence-electron chi connectivity index (χ2n) is 7.20. The Morgan fingerprint density at radius 3 is 2.59 bits per heavy atom. The zero-order valence-electron chi connectivity index (χ0n) is 16.8. The number of nitrogens with one attached hydrogen (secondary N) is 2. The van der Waals surface area contributed by atoms with Crippen molar-refractivity contribution in [2.45, 2.75) is 44.8 Å². The average Bonchev–Trinajstić information content (AvgIpc) is 3.41. The van der Waals surface area contributed by atoms with Gasteiger partial charge in [0.25, 0.3) is 0 Å². The zero-order chi connectivity index (χ0) is 21.0. The van der Waals surface area contributed by atoms with E-state index in [2.05, 4.69) is 15.6 Å². The van der Waals surface area contributed by atoms with E-state index in [0.717, 1.165) is 17.8 Å². The third kappa shape index (κ3) is 4.71. The molecule has 0 unspecified atom stereocenters. The fraction of sp³-hybridized carbons (Fsp3) is 0.429. The van der Waals surface area contributed by atoms with Gasteiger partial charge in [-0.25, -0.2) is 4.98 Å². The van der Waals surface area contributed by atoms with E-state index in [9.17, 15) is 14.4 Å². The summed E-state index contributed by atoms with van der Waals surface area (Å²) in [7, 11) is 1.70. The number of likely N-dealkylation sites (tertiary alicyclic amines) is 1. The molecular formula is C21H26N4O3S. The molecule has 154 valence electrons. The van der Waals surface area contributed by atoms with E-state index in [1.807, 2.05) is 18.2 Å². The number of amides is 2. The van der Waals surface area contributed by atoms with Crippen LogP contribution in [0.1, 0.15) is 53.8 Å². The molecule has 2 heterocycles. The molecule has 1 saturated heterocycles. The number of aromatic nitrogens is 1. The molecule has 2 N–H and O–H groups in total. The molecule has 7 nitrogen and oxygen atoms in total. The maximum absolute atomic E-state index is 12.9. The average molecular weight is 415 g/mol. The lowest BCUT2D eigenvalue weighted by Crippen LogP contribution is -2.51. The second-order valence-corrected chi connectivity index (χ2v) is 8.09. The standard InChI is InChI=1S/C21H26N4O3S/c1-13(22-3)19(27)23-14(2)21(28)25-11-7-10-17(25)20-24-16(12-29-20)18(26)15-8-5-4-6-9-15/h4-6,8-9,12-14,17,22H,7,10-11H2,1-3H3,(H,23,27)/t13-,14-,17-/m1/s1. The van der Waals surface area contributed by atoms with Crippen LogP contribution in [0.3, 0.4) is 0 Å². The Kier molecular flexibility index (Phi) is 6.76. The lowest BCUT2D eigenvalue weighted by atomic mass is 10.1. The van der Waals surface area contributed by atoms with Gasteiger partial charge in [-0.3, -0.25) is 14.4 Å². The molecule has 1 aliphatic heterocycles. The predicted molar refractivity (Wildman–Crippen MR) is 112 cm³/mol. The van der Waals surface area contributed by atoms with Crippen LogP contribution in [0.25, 0.3) is 0 Å². The molecular weight excluding hydrogens is 388 g/mol. The number of likely N-dealkylation sites (N-methyl/N-ethyl adjacent to an activating group) is 1. The first-order chi connectivity index (χ1) is 13.9. The number of rotatable bonds is 7. The summed E-state index contributed by atoms with van der Waals surface area (Å²) < 4.78 is 0. The summed E-state index contributed by atoms with van der Waals surface area (Å²) in [5.41, 5.74) is 0.999. The van der Waals surface area contributed by atoms with Gasteiger partial charge in [0.1, 0.15) is 16.7 Å². The molecule has 1 aromatic carbocycles. The van der Waals surface area contributed by atoms with Crippen LogP contribution in [0, 0.1) is 0 Å². The highest BCUT2D eigenvalue weighted by Crippen LogP contribution is 2.34. The molecule has 0 radical (unpaired) electrons. The Hall–Kier alpha value is -2.58. The molecule has 2 aromatic rings. The Bertz CT molecular complexity index is 883. The molecule has 2 amide bonds. The van der Waals surface area contributed by atoms with Crippen LogP contribution in [-0.2, 0) is 9.59 Å². The fourth-order valence-electron chi connectivity index (χ4n) is 3.35. The van der Waals surface area contributed by atoms with Crippen LogP contribution >= 0.6 is 11.3 Å². The molecule has 0 spiro atoms.